The van der Waals surface area contributed by atoms with Gasteiger partial charge in [-0.15, -0.1) is 5.92 Å². The Hall–Kier alpha value is -1.01. The molecule has 0 unspecified atom stereocenters. The SMILES string of the molecule is CCCCCCCCCCCC#CC[C@@H](O)C(=O)O. The van der Waals surface area contributed by atoms with Gasteiger partial charge in [0.2, 0.25) is 0 Å². The zero-order chi connectivity index (χ0) is 14.3. The van der Waals surface area contributed by atoms with Crippen LogP contribution in [0.25, 0.3) is 0 Å². The zero-order valence-electron chi connectivity index (χ0n) is 12.2. The molecule has 0 bridgehead atoms. The summed E-state index contributed by atoms with van der Waals surface area (Å²) in [7, 11) is 0. The maximum absolute atomic E-state index is 10.3. The van der Waals surface area contributed by atoms with Crippen molar-refractivity contribution in [2.75, 3.05) is 0 Å². The predicted molar refractivity (Wildman–Crippen MR) is 77.9 cm³/mol. The first-order chi connectivity index (χ1) is 9.18. The topological polar surface area (TPSA) is 57.5 Å². The second-order valence-electron chi connectivity index (χ2n) is 4.99. The van der Waals surface area contributed by atoms with Crippen LogP contribution in [0.5, 0.6) is 0 Å². The van der Waals surface area contributed by atoms with Crippen molar-refractivity contribution < 1.29 is 15.0 Å². The summed E-state index contributed by atoms with van der Waals surface area (Å²) >= 11 is 0. The van der Waals surface area contributed by atoms with E-state index in [2.05, 4.69) is 18.8 Å². The fourth-order valence-electron chi connectivity index (χ4n) is 1.87. The molecule has 2 N–H and O–H groups in total. The third-order valence-electron chi connectivity index (χ3n) is 3.11. The summed E-state index contributed by atoms with van der Waals surface area (Å²) in [5.41, 5.74) is 0. The molecule has 0 aromatic heterocycles. The van der Waals surface area contributed by atoms with Crippen LogP contribution in [0.1, 0.15) is 77.6 Å². The molecule has 0 radical (unpaired) electrons. The standard InChI is InChI=1S/C16H28O3/c1-2-3-4-5-6-7-8-9-10-11-12-13-14-15(17)16(18)19/h15,17H,2-11,14H2,1H3,(H,18,19)/t15-/m1/s1. The molecule has 0 amide bonds. The molecule has 0 heterocycles. The molecular weight excluding hydrogens is 240 g/mol. The van der Waals surface area contributed by atoms with Crippen LogP contribution in [-0.4, -0.2) is 22.3 Å². The molecule has 1 atom stereocenters. The molecular formula is C16H28O3. The van der Waals surface area contributed by atoms with E-state index in [1.807, 2.05) is 0 Å². The molecule has 0 aromatic carbocycles. The average Bonchev–Trinajstić information content (AvgIpc) is 2.39. The van der Waals surface area contributed by atoms with Gasteiger partial charge < -0.3 is 10.2 Å². The van der Waals surface area contributed by atoms with Gasteiger partial charge in [-0.25, -0.2) is 4.79 Å². The lowest BCUT2D eigenvalue weighted by Crippen LogP contribution is -2.18. The molecule has 3 nitrogen and oxygen atoms in total. The summed E-state index contributed by atoms with van der Waals surface area (Å²) in [6.45, 7) is 2.23. The van der Waals surface area contributed by atoms with Crippen molar-refractivity contribution in [2.24, 2.45) is 0 Å². The van der Waals surface area contributed by atoms with E-state index in [0.717, 1.165) is 12.8 Å². The van der Waals surface area contributed by atoms with Crippen molar-refractivity contribution in [1.82, 2.24) is 0 Å². The number of aliphatic hydroxyl groups is 1. The summed E-state index contributed by atoms with van der Waals surface area (Å²) < 4.78 is 0. The number of rotatable bonds is 11. The number of aliphatic hydroxyl groups excluding tert-OH is 1. The normalized spacial score (nSPS) is 11.7. The van der Waals surface area contributed by atoms with Gasteiger partial charge in [-0.2, -0.15) is 0 Å². The van der Waals surface area contributed by atoms with E-state index < -0.39 is 12.1 Å². The third-order valence-corrected chi connectivity index (χ3v) is 3.11. The van der Waals surface area contributed by atoms with Gasteiger partial charge in [-0.05, 0) is 6.42 Å². The molecule has 0 aliphatic heterocycles. The summed E-state index contributed by atoms with van der Waals surface area (Å²) in [5, 5.41) is 17.4. The number of carboxylic acid groups (broad SMARTS) is 1. The highest BCUT2D eigenvalue weighted by molar-refractivity contribution is 5.72. The maximum Gasteiger partial charge on any atom is 0.333 e. The van der Waals surface area contributed by atoms with Gasteiger partial charge in [0.15, 0.2) is 6.10 Å². The van der Waals surface area contributed by atoms with Crippen LogP contribution in [-0.2, 0) is 4.79 Å². The number of carboxylic acids is 1. The lowest BCUT2D eigenvalue weighted by molar-refractivity contribution is -0.146. The van der Waals surface area contributed by atoms with Crippen molar-refractivity contribution >= 4 is 5.97 Å². The molecule has 0 fully saturated rings. The Morgan fingerprint density at radius 1 is 0.947 bits per heavy atom. The molecule has 0 saturated carbocycles. The minimum Gasteiger partial charge on any atom is -0.479 e. The molecule has 0 saturated heterocycles. The molecule has 0 aliphatic rings. The number of hydrogen-bond donors (Lipinski definition) is 2. The Bertz CT molecular complexity index is 275. The summed E-state index contributed by atoms with van der Waals surface area (Å²) in [6, 6.07) is 0. The molecule has 3 heteroatoms. The van der Waals surface area contributed by atoms with Crippen molar-refractivity contribution in [3.05, 3.63) is 0 Å². The first kappa shape index (κ1) is 18.0. The van der Waals surface area contributed by atoms with Crippen LogP contribution in [0, 0.1) is 11.8 Å². The molecule has 0 aliphatic carbocycles. The van der Waals surface area contributed by atoms with Crippen LogP contribution < -0.4 is 0 Å². The van der Waals surface area contributed by atoms with Gasteiger partial charge in [-0.1, -0.05) is 64.2 Å². The quantitative estimate of drug-likeness (QED) is 0.443. The Labute approximate surface area is 117 Å². The van der Waals surface area contributed by atoms with Gasteiger partial charge >= 0.3 is 5.97 Å². The fourth-order valence-corrected chi connectivity index (χ4v) is 1.87. The van der Waals surface area contributed by atoms with Crippen LogP contribution in [0.3, 0.4) is 0 Å². The van der Waals surface area contributed by atoms with Crippen LogP contribution >= 0.6 is 0 Å². The predicted octanol–water partition coefficient (Wildman–Crippen LogP) is 3.75. The number of carbonyl (C=O) groups is 1. The van der Waals surface area contributed by atoms with Crippen molar-refractivity contribution in [1.29, 1.82) is 0 Å². The number of aliphatic carboxylic acids is 1. The lowest BCUT2D eigenvalue weighted by Gasteiger charge is -2.00. The highest BCUT2D eigenvalue weighted by atomic mass is 16.4. The largest absolute Gasteiger partial charge is 0.479 e. The van der Waals surface area contributed by atoms with Gasteiger partial charge in [0.05, 0.1) is 0 Å². The van der Waals surface area contributed by atoms with Crippen LogP contribution in [0.15, 0.2) is 0 Å². The van der Waals surface area contributed by atoms with Crippen molar-refractivity contribution in [3.8, 4) is 11.8 Å². The fraction of sp³-hybridized carbons (Fsp3) is 0.812. The molecule has 0 aromatic rings. The van der Waals surface area contributed by atoms with E-state index in [1.165, 1.54) is 51.4 Å². The molecule has 0 spiro atoms. The number of unbranched alkanes of at least 4 members (excludes halogenated alkanes) is 9. The summed E-state index contributed by atoms with van der Waals surface area (Å²) in [5.74, 6) is 4.43. The second kappa shape index (κ2) is 13.4. The van der Waals surface area contributed by atoms with Crippen LogP contribution in [0.2, 0.25) is 0 Å². The smallest absolute Gasteiger partial charge is 0.333 e. The van der Waals surface area contributed by atoms with E-state index in [9.17, 15) is 4.79 Å². The minimum atomic E-state index is -1.34. The van der Waals surface area contributed by atoms with Crippen LogP contribution in [0.4, 0.5) is 0 Å². The number of hydrogen-bond acceptors (Lipinski definition) is 2. The van der Waals surface area contributed by atoms with Gasteiger partial charge in [0, 0.05) is 12.8 Å². The Morgan fingerprint density at radius 3 is 2.00 bits per heavy atom. The van der Waals surface area contributed by atoms with Crippen molar-refractivity contribution in [2.45, 2.75) is 83.7 Å². The van der Waals surface area contributed by atoms with E-state index in [0.29, 0.717) is 0 Å². The zero-order valence-corrected chi connectivity index (χ0v) is 12.2. The highest BCUT2D eigenvalue weighted by Gasteiger charge is 2.09. The minimum absolute atomic E-state index is 0.0345. The third kappa shape index (κ3) is 13.2. The Kier molecular flexibility index (Phi) is 12.7. The van der Waals surface area contributed by atoms with Crippen molar-refractivity contribution in [3.63, 3.8) is 0 Å². The van der Waals surface area contributed by atoms with E-state index >= 15 is 0 Å². The van der Waals surface area contributed by atoms with Gasteiger partial charge in [0.25, 0.3) is 0 Å². The van der Waals surface area contributed by atoms with Gasteiger partial charge in [0.1, 0.15) is 0 Å². The molecule has 110 valence electrons. The van der Waals surface area contributed by atoms with Gasteiger partial charge in [-0.3, -0.25) is 0 Å². The molecule has 0 rings (SSSR count). The Balaban J connectivity index is 3.23. The molecule has 19 heavy (non-hydrogen) atoms. The maximum atomic E-state index is 10.3. The summed E-state index contributed by atoms with van der Waals surface area (Å²) in [4.78, 5) is 10.3. The summed E-state index contributed by atoms with van der Waals surface area (Å²) in [6.07, 6.45) is 11.1. The lowest BCUT2D eigenvalue weighted by atomic mass is 10.1. The highest BCUT2D eigenvalue weighted by Crippen LogP contribution is 2.10. The average molecular weight is 268 g/mol. The first-order valence-corrected chi connectivity index (χ1v) is 7.55. The van der Waals surface area contributed by atoms with E-state index in [-0.39, 0.29) is 6.42 Å². The second-order valence-corrected chi connectivity index (χ2v) is 4.99. The monoisotopic (exact) mass is 268 g/mol. The Morgan fingerprint density at radius 2 is 1.47 bits per heavy atom. The van der Waals surface area contributed by atoms with E-state index in [1.54, 1.807) is 0 Å². The first-order valence-electron chi connectivity index (χ1n) is 7.55. The van der Waals surface area contributed by atoms with E-state index in [4.69, 9.17) is 10.2 Å².